The number of nitrogens with one attached hydrogen (secondary N) is 1. The van der Waals surface area contributed by atoms with Crippen LogP contribution in [0.1, 0.15) is 27.2 Å². The Bertz CT molecular complexity index is 146. The van der Waals surface area contributed by atoms with Crippen LogP contribution in [0.2, 0.25) is 0 Å². The van der Waals surface area contributed by atoms with Crippen molar-refractivity contribution in [1.29, 1.82) is 0 Å². The molecule has 0 spiro atoms. The molecule has 0 heterocycles. The van der Waals surface area contributed by atoms with Gasteiger partial charge in [-0.1, -0.05) is 6.92 Å². The van der Waals surface area contributed by atoms with Crippen LogP contribution in [0.5, 0.6) is 0 Å². The Labute approximate surface area is 87.2 Å². The molecule has 3 nitrogen and oxygen atoms in total. The van der Waals surface area contributed by atoms with Gasteiger partial charge in [-0.05, 0) is 38.6 Å². The zero-order valence-corrected chi connectivity index (χ0v) is 9.58. The van der Waals surface area contributed by atoms with Crippen molar-refractivity contribution in [2.24, 2.45) is 11.8 Å². The van der Waals surface area contributed by atoms with Crippen LogP contribution in [0, 0.1) is 11.8 Å². The summed E-state index contributed by atoms with van der Waals surface area (Å²) in [6, 6.07) is 0. The lowest BCUT2D eigenvalue weighted by molar-refractivity contribution is -0.132. The molecule has 1 fully saturated rings. The summed E-state index contributed by atoms with van der Waals surface area (Å²) < 4.78 is 10.9. The molecule has 1 aliphatic carbocycles. The topological polar surface area (TPSA) is 30.5 Å². The molecule has 0 aromatic heterocycles. The quantitative estimate of drug-likeness (QED) is 0.605. The van der Waals surface area contributed by atoms with Crippen molar-refractivity contribution in [1.82, 2.24) is 5.32 Å². The highest BCUT2D eigenvalue weighted by Gasteiger charge is 2.31. The molecular formula is C11H23NO2. The van der Waals surface area contributed by atoms with Crippen molar-refractivity contribution in [3.8, 4) is 0 Å². The summed E-state index contributed by atoms with van der Waals surface area (Å²) in [6.45, 7) is 9.64. The predicted molar refractivity (Wildman–Crippen MR) is 57.2 cm³/mol. The highest BCUT2D eigenvalue weighted by molar-refractivity contribution is 4.83. The van der Waals surface area contributed by atoms with E-state index >= 15 is 0 Å². The lowest BCUT2D eigenvalue weighted by atomic mass is 10.3. The molecule has 2 atom stereocenters. The van der Waals surface area contributed by atoms with E-state index < -0.39 is 0 Å². The largest absolute Gasteiger partial charge is 0.352 e. The molecule has 1 N–H and O–H groups in total. The normalized spacial score (nSPS) is 25.7. The third-order valence-electron chi connectivity index (χ3n) is 2.70. The molecule has 2 unspecified atom stereocenters. The first-order chi connectivity index (χ1) is 6.77. The van der Waals surface area contributed by atoms with Gasteiger partial charge in [0, 0.05) is 19.8 Å². The second kappa shape index (κ2) is 6.38. The zero-order valence-electron chi connectivity index (χ0n) is 9.58. The molecule has 0 bridgehead atoms. The van der Waals surface area contributed by atoms with Crippen LogP contribution in [0.25, 0.3) is 0 Å². The number of hydrogen-bond donors (Lipinski definition) is 1. The fourth-order valence-electron chi connectivity index (χ4n) is 1.61. The summed E-state index contributed by atoms with van der Waals surface area (Å²) in [4.78, 5) is 0. The molecule has 84 valence electrons. The van der Waals surface area contributed by atoms with Crippen LogP contribution >= 0.6 is 0 Å². The van der Waals surface area contributed by atoms with Crippen LogP contribution in [0.3, 0.4) is 0 Å². The summed E-state index contributed by atoms with van der Waals surface area (Å²) in [5, 5.41) is 3.40. The molecule has 1 aliphatic rings. The Kier molecular flexibility index (Phi) is 5.45. The van der Waals surface area contributed by atoms with E-state index in [9.17, 15) is 0 Å². The Morgan fingerprint density at radius 3 is 2.29 bits per heavy atom. The maximum absolute atomic E-state index is 5.43. The molecule has 0 radical (unpaired) electrons. The molecule has 0 amide bonds. The molecule has 1 rings (SSSR count). The molecule has 0 aliphatic heterocycles. The van der Waals surface area contributed by atoms with Gasteiger partial charge in [0.15, 0.2) is 6.29 Å². The smallest absolute Gasteiger partial charge is 0.169 e. The van der Waals surface area contributed by atoms with Crippen LogP contribution < -0.4 is 5.32 Å². The van der Waals surface area contributed by atoms with Crippen molar-refractivity contribution in [2.75, 3.05) is 26.3 Å². The van der Waals surface area contributed by atoms with Gasteiger partial charge in [0.1, 0.15) is 0 Å². The Balaban J connectivity index is 2.00. The van der Waals surface area contributed by atoms with Crippen LogP contribution in [-0.4, -0.2) is 32.6 Å². The molecule has 3 heteroatoms. The minimum Gasteiger partial charge on any atom is -0.352 e. The lowest BCUT2D eigenvalue weighted by Crippen LogP contribution is -2.32. The average molecular weight is 201 g/mol. The summed E-state index contributed by atoms with van der Waals surface area (Å²) in [5.41, 5.74) is 0. The first kappa shape index (κ1) is 12.0. The number of hydrogen-bond acceptors (Lipinski definition) is 3. The highest BCUT2D eigenvalue weighted by atomic mass is 16.7. The first-order valence-electron chi connectivity index (χ1n) is 5.71. The van der Waals surface area contributed by atoms with E-state index in [0.29, 0.717) is 13.2 Å². The van der Waals surface area contributed by atoms with E-state index in [4.69, 9.17) is 9.47 Å². The van der Waals surface area contributed by atoms with E-state index in [0.717, 1.165) is 24.9 Å². The van der Waals surface area contributed by atoms with Gasteiger partial charge in [-0.2, -0.15) is 0 Å². The number of ether oxygens (including phenoxy) is 2. The Hall–Kier alpha value is -0.120. The Morgan fingerprint density at radius 1 is 1.29 bits per heavy atom. The summed E-state index contributed by atoms with van der Waals surface area (Å²) in [5.74, 6) is 1.80. The molecule has 0 saturated heterocycles. The van der Waals surface area contributed by atoms with Gasteiger partial charge in [-0.3, -0.25) is 0 Å². The number of rotatable bonds is 8. The van der Waals surface area contributed by atoms with Crippen molar-refractivity contribution < 1.29 is 9.47 Å². The van der Waals surface area contributed by atoms with E-state index in [1.165, 1.54) is 6.42 Å². The van der Waals surface area contributed by atoms with E-state index in [2.05, 4.69) is 12.2 Å². The van der Waals surface area contributed by atoms with Crippen LogP contribution in [0.15, 0.2) is 0 Å². The van der Waals surface area contributed by atoms with Gasteiger partial charge in [0.25, 0.3) is 0 Å². The molecule has 1 saturated carbocycles. The molecular weight excluding hydrogens is 178 g/mol. The highest BCUT2D eigenvalue weighted by Crippen LogP contribution is 2.36. The van der Waals surface area contributed by atoms with Gasteiger partial charge in [0.05, 0.1) is 0 Å². The predicted octanol–water partition coefficient (Wildman–Crippen LogP) is 1.63. The fraction of sp³-hybridized carbons (Fsp3) is 1.00. The maximum Gasteiger partial charge on any atom is 0.169 e. The van der Waals surface area contributed by atoms with Crippen molar-refractivity contribution in [3.05, 3.63) is 0 Å². The van der Waals surface area contributed by atoms with Crippen LogP contribution in [-0.2, 0) is 9.47 Å². The third-order valence-corrected chi connectivity index (χ3v) is 2.70. The minimum absolute atomic E-state index is 0.0703. The second-order valence-corrected chi connectivity index (χ2v) is 3.97. The molecule has 0 aromatic rings. The molecule has 14 heavy (non-hydrogen) atoms. The van der Waals surface area contributed by atoms with Crippen LogP contribution in [0.4, 0.5) is 0 Å². The minimum atomic E-state index is -0.0703. The van der Waals surface area contributed by atoms with E-state index in [1.807, 2.05) is 13.8 Å². The summed E-state index contributed by atoms with van der Waals surface area (Å²) in [6.07, 6.45) is 1.31. The van der Waals surface area contributed by atoms with Gasteiger partial charge in [-0.15, -0.1) is 0 Å². The monoisotopic (exact) mass is 201 g/mol. The maximum atomic E-state index is 5.43. The van der Waals surface area contributed by atoms with Gasteiger partial charge in [0.2, 0.25) is 0 Å². The van der Waals surface area contributed by atoms with Gasteiger partial charge >= 0.3 is 0 Å². The first-order valence-corrected chi connectivity index (χ1v) is 5.71. The fourth-order valence-corrected chi connectivity index (χ4v) is 1.61. The average Bonchev–Trinajstić information content (AvgIpc) is 2.83. The van der Waals surface area contributed by atoms with Gasteiger partial charge < -0.3 is 14.8 Å². The zero-order chi connectivity index (χ0) is 10.4. The van der Waals surface area contributed by atoms with Crippen molar-refractivity contribution >= 4 is 0 Å². The third kappa shape index (κ3) is 4.40. The second-order valence-electron chi connectivity index (χ2n) is 3.97. The standard InChI is InChI=1S/C11H23NO2/c1-4-13-11(14-5-2)8-12-7-10-6-9(10)3/h9-12H,4-8H2,1-3H3. The van der Waals surface area contributed by atoms with Gasteiger partial charge in [-0.25, -0.2) is 0 Å². The summed E-state index contributed by atoms with van der Waals surface area (Å²) >= 11 is 0. The SMILES string of the molecule is CCOC(CNCC1CC1C)OCC. The molecule has 0 aromatic carbocycles. The van der Waals surface area contributed by atoms with E-state index in [-0.39, 0.29) is 6.29 Å². The van der Waals surface area contributed by atoms with Crippen molar-refractivity contribution in [2.45, 2.75) is 33.5 Å². The van der Waals surface area contributed by atoms with E-state index in [1.54, 1.807) is 0 Å². The summed E-state index contributed by atoms with van der Waals surface area (Å²) in [7, 11) is 0. The van der Waals surface area contributed by atoms with Crippen molar-refractivity contribution in [3.63, 3.8) is 0 Å². The Morgan fingerprint density at radius 2 is 1.86 bits per heavy atom. The lowest BCUT2D eigenvalue weighted by Gasteiger charge is -2.17.